The maximum Gasteiger partial charge on any atom is 0.313 e. The van der Waals surface area contributed by atoms with Crippen LogP contribution in [0.15, 0.2) is 12.2 Å². The third-order valence-corrected chi connectivity index (χ3v) is 10.5. The molecule has 0 aromatic carbocycles. The summed E-state index contributed by atoms with van der Waals surface area (Å²) in [6, 6.07) is 0. The summed E-state index contributed by atoms with van der Waals surface area (Å²) < 4.78 is 5.15. The lowest BCUT2D eigenvalue weighted by Gasteiger charge is -2.68. The maximum atomic E-state index is 13.9. The van der Waals surface area contributed by atoms with Gasteiger partial charge in [0.2, 0.25) is 0 Å². The molecule has 0 aliphatic heterocycles. The first-order valence-corrected chi connectivity index (χ1v) is 11.7. The third kappa shape index (κ3) is 2.48. The highest BCUT2D eigenvalue weighted by Crippen LogP contribution is 2.72. The molecule has 4 heteroatoms. The fraction of sp³-hybridized carbons (Fsp3) is 0.808. The Bertz CT molecular complexity index is 817. The van der Waals surface area contributed by atoms with Crippen molar-refractivity contribution < 1.29 is 19.1 Å². The quantitative estimate of drug-likeness (QED) is 0.440. The van der Waals surface area contributed by atoms with Gasteiger partial charge >= 0.3 is 5.97 Å². The summed E-state index contributed by atoms with van der Waals surface area (Å²) in [5.74, 6) is 0.434. The summed E-state index contributed by atoms with van der Waals surface area (Å²) in [5.41, 5.74) is -0.251. The van der Waals surface area contributed by atoms with Gasteiger partial charge in [-0.3, -0.25) is 14.4 Å². The van der Waals surface area contributed by atoms with E-state index >= 15 is 0 Å². The van der Waals surface area contributed by atoms with Gasteiger partial charge in [0, 0.05) is 23.7 Å². The van der Waals surface area contributed by atoms with Crippen molar-refractivity contribution in [2.45, 2.75) is 79.6 Å². The number of rotatable bonds is 1. The predicted octanol–water partition coefficient (Wildman–Crippen LogP) is 5.15. The van der Waals surface area contributed by atoms with Gasteiger partial charge in [0.1, 0.15) is 11.6 Å². The molecule has 30 heavy (non-hydrogen) atoms. The highest BCUT2D eigenvalue weighted by atomic mass is 16.5. The van der Waals surface area contributed by atoms with Crippen LogP contribution in [-0.4, -0.2) is 24.6 Å². The van der Waals surface area contributed by atoms with Crippen molar-refractivity contribution >= 4 is 17.5 Å². The first-order chi connectivity index (χ1) is 13.8. The molecule has 0 amide bonds. The maximum absolute atomic E-state index is 13.9. The zero-order valence-electron chi connectivity index (χ0n) is 19.6. The van der Waals surface area contributed by atoms with Gasteiger partial charge in [-0.05, 0) is 60.7 Å². The second-order valence-electron chi connectivity index (χ2n) is 11.9. The molecule has 0 heterocycles. The van der Waals surface area contributed by atoms with Gasteiger partial charge in [-0.15, -0.1) is 0 Å². The van der Waals surface area contributed by atoms with E-state index in [0.717, 1.165) is 37.7 Å². The number of carbonyl (C=O) groups is 3. The van der Waals surface area contributed by atoms with Gasteiger partial charge in [0.25, 0.3) is 0 Å². The molecule has 0 bridgehead atoms. The molecule has 4 saturated carbocycles. The molecule has 0 radical (unpaired) electrons. The zero-order chi connectivity index (χ0) is 22.3. The standard InChI is InChI=1S/C26H38O4/c1-15-8-9-17-25(5)12-10-16-23(2,3)19(27)11-13-24(16,4)18(25)14-20(28)26(17,6)21(15)22(29)30-7/h16-18,21H,1,8-14H2,2-7H3/t16-,17-,18+,21+,24-,25-,26+/m0/s1. The smallest absolute Gasteiger partial charge is 0.313 e. The Morgan fingerprint density at radius 1 is 0.900 bits per heavy atom. The molecule has 0 spiro atoms. The number of hydrogen-bond acceptors (Lipinski definition) is 4. The van der Waals surface area contributed by atoms with Gasteiger partial charge in [0.15, 0.2) is 0 Å². The Morgan fingerprint density at radius 2 is 1.53 bits per heavy atom. The largest absolute Gasteiger partial charge is 0.469 e. The highest BCUT2D eigenvalue weighted by molar-refractivity contribution is 5.93. The van der Waals surface area contributed by atoms with Gasteiger partial charge in [0.05, 0.1) is 13.0 Å². The van der Waals surface area contributed by atoms with Gasteiger partial charge in [-0.25, -0.2) is 0 Å². The molecule has 4 aliphatic rings. The van der Waals surface area contributed by atoms with Crippen LogP contribution in [-0.2, 0) is 19.1 Å². The van der Waals surface area contributed by atoms with Crippen molar-refractivity contribution in [3.63, 3.8) is 0 Å². The molecule has 4 rings (SSSR count). The van der Waals surface area contributed by atoms with Crippen LogP contribution >= 0.6 is 0 Å². The topological polar surface area (TPSA) is 60.4 Å². The lowest BCUT2D eigenvalue weighted by atomic mass is 9.34. The molecule has 166 valence electrons. The van der Waals surface area contributed by atoms with Crippen LogP contribution in [0.2, 0.25) is 0 Å². The molecule has 0 unspecified atom stereocenters. The Morgan fingerprint density at radius 3 is 2.17 bits per heavy atom. The molecule has 0 aromatic rings. The zero-order valence-corrected chi connectivity index (χ0v) is 19.6. The molecule has 0 saturated heterocycles. The second-order valence-corrected chi connectivity index (χ2v) is 11.9. The van der Waals surface area contributed by atoms with Gasteiger partial charge in [-0.2, -0.15) is 0 Å². The molecule has 0 N–H and O–H groups in total. The lowest BCUT2D eigenvalue weighted by Crippen LogP contribution is -2.66. The number of Topliss-reactive ketones (excluding diaryl/α,β-unsaturated/α-hetero) is 2. The Balaban J connectivity index is 1.80. The predicted molar refractivity (Wildman–Crippen MR) is 116 cm³/mol. The van der Waals surface area contributed by atoms with Crippen molar-refractivity contribution in [2.24, 2.45) is 45.3 Å². The number of fused-ring (bicyclic) bond motifs is 5. The molecular formula is C26H38O4. The Labute approximate surface area is 181 Å². The molecule has 0 aromatic heterocycles. The van der Waals surface area contributed by atoms with E-state index < -0.39 is 11.3 Å². The minimum Gasteiger partial charge on any atom is -0.469 e. The summed E-state index contributed by atoms with van der Waals surface area (Å²) >= 11 is 0. The van der Waals surface area contributed by atoms with Crippen LogP contribution in [0.25, 0.3) is 0 Å². The van der Waals surface area contributed by atoms with Crippen molar-refractivity contribution in [3.8, 4) is 0 Å². The number of ketones is 2. The summed E-state index contributed by atoms with van der Waals surface area (Å²) in [7, 11) is 1.41. The van der Waals surface area contributed by atoms with Crippen molar-refractivity contribution in [1.82, 2.24) is 0 Å². The molecule has 4 aliphatic carbocycles. The summed E-state index contributed by atoms with van der Waals surface area (Å²) in [4.78, 5) is 39.4. The van der Waals surface area contributed by atoms with E-state index in [-0.39, 0.29) is 39.8 Å². The average molecular weight is 415 g/mol. The third-order valence-electron chi connectivity index (χ3n) is 10.5. The van der Waals surface area contributed by atoms with Crippen LogP contribution in [0, 0.1) is 45.3 Å². The Hall–Kier alpha value is -1.45. The van der Waals surface area contributed by atoms with Crippen LogP contribution in [0.1, 0.15) is 79.6 Å². The first-order valence-electron chi connectivity index (χ1n) is 11.7. The average Bonchev–Trinajstić information content (AvgIpc) is 2.66. The summed E-state index contributed by atoms with van der Waals surface area (Å²) in [6.45, 7) is 15.1. The fourth-order valence-electron chi connectivity index (χ4n) is 8.98. The molecule has 4 fully saturated rings. The molecular weight excluding hydrogens is 376 g/mol. The molecule has 7 atom stereocenters. The van der Waals surface area contributed by atoms with Crippen LogP contribution in [0.4, 0.5) is 0 Å². The van der Waals surface area contributed by atoms with E-state index in [1.165, 1.54) is 7.11 Å². The van der Waals surface area contributed by atoms with Crippen molar-refractivity contribution in [2.75, 3.05) is 7.11 Å². The van der Waals surface area contributed by atoms with Gasteiger partial charge in [-0.1, -0.05) is 46.8 Å². The van der Waals surface area contributed by atoms with E-state index in [9.17, 15) is 14.4 Å². The number of esters is 1. The SMILES string of the molecule is C=C1CC[C@H]2[C@]3(C)CC[C@H]4C(C)(C)C(=O)CC[C@]4(C)[C@H]3CC(=O)[C@]2(C)[C@H]1C(=O)OC. The van der Waals surface area contributed by atoms with E-state index in [4.69, 9.17) is 4.74 Å². The summed E-state index contributed by atoms with van der Waals surface area (Å²) in [5, 5.41) is 0. The van der Waals surface area contributed by atoms with Crippen LogP contribution < -0.4 is 0 Å². The van der Waals surface area contributed by atoms with Crippen LogP contribution in [0.3, 0.4) is 0 Å². The van der Waals surface area contributed by atoms with E-state index in [2.05, 4.69) is 34.3 Å². The normalized spacial score (nSPS) is 47.7. The summed E-state index contributed by atoms with van der Waals surface area (Å²) in [6.07, 6.45) is 5.72. The Kier molecular flexibility index (Phi) is 4.74. The lowest BCUT2D eigenvalue weighted by molar-refractivity contribution is -0.205. The monoisotopic (exact) mass is 414 g/mol. The van der Waals surface area contributed by atoms with E-state index in [0.29, 0.717) is 24.5 Å². The molecule has 4 nitrogen and oxygen atoms in total. The minimum absolute atomic E-state index is 0.0165. The number of methoxy groups -OCH3 is 1. The van der Waals surface area contributed by atoms with Crippen molar-refractivity contribution in [3.05, 3.63) is 12.2 Å². The second kappa shape index (κ2) is 6.53. The highest BCUT2D eigenvalue weighted by Gasteiger charge is 2.70. The van der Waals surface area contributed by atoms with E-state index in [1.54, 1.807) is 0 Å². The van der Waals surface area contributed by atoms with Crippen molar-refractivity contribution in [1.29, 1.82) is 0 Å². The number of hydrogen-bond donors (Lipinski definition) is 0. The van der Waals surface area contributed by atoms with Gasteiger partial charge < -0.3 is 4.74 Å². The van der Waals surface area contributed by atoms with Crippen LogP contribution in [0.5, 0.6) is 0 Å². The first kappa shape index (κ1) is 21.8. The number of ether oxygens (including phenoxy) is 1. The van der Waals surface area contributed by atoms with E-state index in [1.807, 2.05) is 6.92 Å². The number of carbonyl (C=O) groups excluding carboxylic acids is 3. The minimum atomic E-state index is -0.739. The fourth-order valence-corrected chi connectivity index (χ4v) is 8.98.